The highest BCUT2D eigenvalue weighted by atomic mass is 19.3. The molecule has 1 amide bonds. The smallest absolute Gasteiger partial charge is 0.251 e. The summed E-state index contributed by atoms with van der Waals surface area (Å²) in [6.07, 6.45) is 3.40. The minimum Gasteiger partial charge on any atom is -0.488 e. The summed E-state index contributed by atoms with van der Waals surface area (Å²) >= 11 is 0. The van der Waals surface area contributed by atoms with Crippen LogP contribution in [-0.4, -0.2) is 81.4 Å². The van der Waals surface area contributed by atoms with Gasteiger partial charge in [0.05, 0.1) is 17.9 Å². The predicted octanol–water partition coefficient (Wildman–Crippen LogP) is 4.71. The molecule has 6 rings (SSSR count). The molecule has 0 spiro atoms. The van der Waals surface area contributed by atoms with Gasteiger partial charge in [0.2, 0.25) is 6.41 Å². The summed E-state index contributed by atoms with van der Waals surface area (Å²) in [6, 6.07) is 13.9. The van der Waals surface area contributed by atoms with Crippen molar-refractivity contribution in [2.45, 2.75) is 44.1 Å². The van der Waals surface area contributed by atoms with E-state index in [0.29, 0.717) is 66.2 Å². The lowest BCUT2D eigenvalue weighted by Gasteiger charge is -2.31. The molecule has 2 saturated heterocycles. The summed E-state index contributed by atoms with van der Waals surface area (Å²) < 4.78 is 31.5. The largest absolute Gasteiger partial charge is 0.488 e. The van der Waals surface area contributed by atoms with E-state index in [9.17, 15) is 13.6 Å². The highest BCUT2D eigenvalue weighted by Crippen LogP contribution is 2.34. The van der Waals surface area contributed by atoms with Gasteiger partial charge in [-0.05, 0) is 55.6 Å². The second-order valence-corrected chi connectivity index (χ2v) is 10.8. The number of anilines is 1. The van der Waals surface area contributed by atoms with Gasteiger partial charge in [0.1, 0.15) is 29.5 Å². The van der Waals surface area contributed by atoms with Crippen LogP contribution < -0.4 is 10.5 Å². The van der Waals surface area contributed by atoms with Crippen LogP contribution in [0.4, 0.5) is 14.5 Å². The quantitative estimate of drug-likeness (QED) is 0.237. The van der Waals surface area contributed by atoms with E-state index < -0.39 is 6.43 Å². The maximum Gasteiger partial charge on any atom is 0.251 e. The molecule has 0 aliphatic carbocycles. The standard InChI is InChI=1S/C30H33F2N7O2/c31-26(32)16-38-11-7-20(8-12-38)19-1-3-21(4-2-19)29-36-28-27(34-17-35-30(28)37-29)22-5-6-25(24(33)15-22)41-23-9-13-39(18-40)14-10-23/h1-6,15,17-18,20,23,26H,7-14,16,33H2,(H,34,35,36,37). The molecule has 0 saturated carbocycles. The van der Waals surface area contributed by atoms with Gasteiger partial charge in [-0.25, -0.2) is 23.7 Å². The van der Waals surface area contributed by atoms with Gasteiger partial charge in [0.15, 0.2) is 5.65 Å². The number of carbonyl (C=O) groups is 1. The lowest BCUT2D eigenvalue weighted by molar-refractivity contribution is -0.119. The number of likely N-dealkylation sites (tertiary alicyclic amines) is 2. The number of carbonyl (C=O) groups excluding carboxylic acids is 1. The van der Waals surface area contributed by atoms with E-state index in [1.54, 1.807) is 4.90 Å². The highest BCUT2D eigenvalue weighted by molar-refractivity contribution is 5.90. The third-order valence-electron chi connectivity index (χ3n) is 8.13. The highest BCUT2D eigenvalue weighted by Gasteiger charge is 2.23. The van der Waals surface area contributed by atoms with Gasteiger partial charge >= 0.3 is 0 Å². The number of amides is 1. The molecule has 4 aromatic rings. The zero-order chi connectivity index (χ0) is 28.3. The van der Waals surface area contributed by atoms with Crippen LogP contribution in [0.15, 0.2) is 48.8 Å². The first kappa shape index (κ1) is 27.1. The van der Waals surface area contributed by atoms with E-state index in [4.69, 9.17) is 15.5 Å². The Bertz CT molecular complexity index is 1490. The van der Waals surface area contributed by atoms with E-state index in [1.165, 1.54) is 11.9 Å². The number of benzene rings is 2. The van der Waals surface area contributed by atoms with E-state index in [-0.39, 0.29) is 12.6 Å². The fraction of sp³-hybridized carbons (Fsp3) is 0.400. The summed E-state index contributed by atoms with van der Waals surface area (Å²) in [5.41, 5.74) is 11.8. The zero-order valence-electron chi connectivity index (χ0n) is 22.7. The first-order valence-corrected chi connectivity index (χ1v) is 14.0. The summed E-state index contributed by atoms with van der Waals surface area (Å²) in [5.74, 6) is 1.68. The van der Waals surface area contributed by atoms with Crippen molar-refractivity contribution in [1.29, 1.82) is 0 Å². The van der Waals surface area contributed by atoms with Gasteiger partial charge in [-0.3, -0.25) is 9.69 Å². The second-order valence-electron chi connectivity index (χ2n) is 10.8. The molecule has 214 valence electrons. The molecule has 2 aliphatic heterocycles. The van der Waals surface area contributed by atoms with Gasteiger partial charge in [0, 0.05) is 37.1 Å². The number of rotatable bonds is 8. The fourth-order valence-electron chi connectivity index (χ4n) is 5.82. The molecule has 0 atom stereocenters. The number of alkyl halides is 2. The Morgan fingerprint density at radius 3 is 2.41 bits per heavy atom. The topological polar surface area (TPSA) is 113 Å². The molecule has 2 aromatic carbocycles. The summed E-state index contributed by atoms with van der Waals surface area (Å²) in [6.45, 7) is 2.61. The Balaban J connectivity index is 1.17. The number of aromatic amines is 1. The van der Waals surface area contributed by atoms with Crippen LogP contribution in [-0.2, 0) is 4.79 Å². The molecule has 0 unspecified atom stereocenters. The van der Waals surface area contributed by atoms with Crippen molar-refractivity contribution in [2.24, 2.45) is 0 Å². The summed E-state index contributed by atoms with van der Waals surface area (Å²) in [4.78, 5) is 31.5. The third kappa shape index (κ3) is 6.00. The second kappa shape index (κ2) is 11.8. The van der Waals surface area contributed by atoms with Crippen molar-refractivity contribution in [3.63, 3.8) is 0 Å². The Kier molecular flexibility index (Phi) is 7.78. The summed E-state index contributed by atoms with van der Waals surface area (Å²) in [7, 11) is 0. The Labute approximate surface area is 236 Å². The number of nitrogens with zero attached hydrogens (tertiary/aromatic N) is 5. The number of ether oxygens (including phenoxy) is 1. The Hall–Kier alpha value is -4.12. The number of nitrogen functional groups attached to an aromatic ring is 1. The van der Waals surface area contributed by atoms with Crippen molar-refractivity contribution in [2.75, 3.05) is 38.5 Å². The SMILES string of the molecule is Nc1cc(-c2ncnc3nc(-c4ccc(C5CCN(CC(F)F)CC5)cc4)[nH]c23)ccc1OC1CCN(C=O)CC1. The number of halogens is 2. The fourth-order valence-corrected chi connectivity index (χ4v) is 5.82. The average Bonchev–Trinajstić information content (AvgIpc) is 3.44. The van der Waals surface area contributed by atoms with E-state index >= 15 is 0 Å². The molecule has 0 radical (unpaired) electrons. The first-order valence-electron chi connectivity index (χ1n) is 14.0. The number of nitrogens with two attached hydrogens (primary N) is 1. The average molecular weight is 562 g/mol. The first-order chi connectivity index (χ1) is 20.0. The molecule has 41 heavy (non-hydrogen) atoms. The monoisotopic (exact) mass is 561 g/mol. The van der Waals surface area contributed by atoms with Crippen LogP contribution in [0, 0.1) is 0 Å². The van der Waals surface area contributed by atoms with Crippen LogP contribution in [0.25, 0.3) is 33.8 Å². The number of fused-ring (bicyclic) bond motifs is 1. The summed E-state index contributed by atoms with van der Waals surface area (Å²) in [5, 5.41) is 0. The van der Waals surface area contributed by atoms with Crippen molar-refractivity contribution in [1.82, 2.24) is 29.7 Å². The van der Waals surface area contributed by atoms with E-state index in [2.05, 4.69) is 27.1 Å². The minimum absolute atomic E-state index is 0.0185. The molecular formula is C30H33F2N7O2. The predicted molar refractivity (Wildman–Crippen MR) is 153 cm³/mol. The number of imidazole rings is 1. The van der Waals surface area contributed by atoms with Crippen LogP contribution in [0.3, 0.4) is 0 Å². The normalized spacial score (nSPS) is 17.4. The molecule has 3 N–H and O–H groups in total. The number of aromatic nitrogens is 4. The molecule has 9 nitrogen and oxygen atoms in total. The Morgan fingerprint density at radius 2 is 1.73 bits per heavy atom. The van der Waals surface area contributed by atoms with E-state index in [0.717, 1.165) is 43.2 Å². The zero-order valence-corrected chi connectivity index (χ0v) is 22.7. The lowest BCUT2D eigenvalue weighted by atomic mass is 9.89. The molecule has 4 heterocycles. The molecule has 0 bridgehead atoms. The molecular weight excluding hydrogens is 528 g/mol. The van der Waals surface area contributed by atoms with Crippen LogP contribution in [0.5, 0.6) is 5.75 Å². The number of hydrogen-bond acceptors (Lipinski definition) is 7. The number of piperidine rings is 2. The lowest BCUT2D eigenvalue weighted by Crippen LogP contribution is -2.37. The van der Waals surface area contributed by atoms with Gasteiger partial charge in [-0.1, -0.05) is 24.3 Å². The number of hydrogen-bond donors (Lipinski definition) is 2. The minimum atomic E-state index is -2.28. The van der Waals surface area contributed by atoms with Gasteiger partial charge < -0.3 is 20.4 Å². The van der Waals surface area contributed by atoms with Crippen molar-refractivity contribution < 1.29 is 18.3 Å². The van der Waals surface area contributed by atoms with Crippen LogP contribution in [0.1, 0.15) is 37.2 Å². The molecule has 2 aliphatic rings. The van der Waals surface area contributed by atoms with Gasteiger partial charge in [0.25, 0.3) is 6.43 Å². The van der Waals surface area contributed by atoms with Gasteiger partial charge in [-0.2, -0.15) is 0 Å². The Morgan fingerprint density at radius 1 is 1.00 bits per heavy atom. The molecule has 2 aromatic heterocycles. The number of nitrogens with one attached hydrogen (secondary N) is 1. The maximum absolute atomic E-state index is 12.7. The molecule has 2 fully saturated rings. The van der Waals surface area contributed by atoms with Crippen molar-refractivity contribution in [3.8, 4) is 28.4 Å². The third-order valence-corrected chi connectivity index (χ3v) is 8.13. The van der Waals surface area contributed by atoms with E-state index in [1.807, 2.05) is 35.2 Å². The maximum atomic E-state index is 12.7. The van der Waals surface area contributed by atoms with Crippen molar-refractivity contribution in [3.05, 3.63) is 54.4 Å². The number of H-pyrrole nitrogens is 1. The van der Waals surface area contributed by atoms with Crippen LogP contribution >= 0.6 is 0 Å². The molecule has 11 heteroatoms. The van der Waals surface area contributed by atoms with Gasteiger partial charge in [-0.15, -0.1) is 0 Å². The van der Waals surface area contributed by atoms with Crippen LogP contribution in [0.2, 0.25) is 0 Å². The van der Waals surface area contributed by atoms with Crippen molar-refractivity contribution >= 4 is 23.3 Å².